The summed E-state index contributed by atoms with van der Waals surface area (Å²) >= 11 is 0. The predicted octanol–water partition coefficient (Wildman–Crippen LogP) is 1.93. The molecule has 1 aliphatic rings. The molecule has 2 heterocycles. The van der Waals surface area contributed by atoms with E-state index in [0.717, 1.165) is 18.5 Å². The van der Waals surface area contributed by atoms with Crippen LogP contribution >= 0.6 is 0 Å². The summed E-state index contributed by atoms with van der Waals surface area (Å²) in [5.74, 6) is 0.411. The number of nitrogens with two attached hydrogens (primary N) is 1. The van der Waals surface area contributed by atoms with Gasteiger partial charge in [0.1, 0.15) is 5.69 Å². The number of nitrogens with zero attached hydrogens (tertiary/aromatic N) is 1. The second-order valence-corrected chi connectivity index (χ2v) is 5.65. The van der Waals surface area contributed by atoms with E-state index < -0.39 is 5.91 Å². The van der Waals surface area contributed by atoms with E-state index in [-0.39, 0.29) is 16.5 Å². The fourth-order valence-corrected chi connectivity index (χ4v) is 3.12. The third kappa shape index (κ3) is 2.09. The normalized spacial score (nSPS) is 22.2. The molecule has 5 nitrogen and oxygen atoms in total. The van der Waals surface area contributed by atoms with Crippen molar-refractivity contribution in [1.82, 2.24) is 9.97 Å². The molecule has 2 atom stereocenters. The average molecular weight is 271 g/mol. The minimum absolute atomic E-state index is 0.0371. The lowest BCUT2D eigenvalue weighted by Gasteiger charge is -2.11. The van der Waals surface area contributed by atoms with Crippen molar-refractivity contribution in [3.8, 4) is 0 Å². The van der Waals surface area contributed by atoms with Gasteiger partial charge >= 0.3 is 0 Å². The third-order valence-corrected chi connectivity index (χ3v) is 4.13. The Hall–Kier alpha value is -2.17. The Morgan fingerprint density at radius 3 is 2.90 bits per heavy atom. The molecule has 1 fully saturated rings. The predicted molar refractivity (Wildman–Crippen MR) is 76.6 cm³/mol. The zero-order valence-electron chi connectivity index (χ0n) is 11.3. The topological polar surface area (TPSA) is 88.8 Å². The van der Waals surface area contributed by atoms with E-state index >= 15 is 0 Å². The fraction of sp³-hybridized carbons (Fsp3) is 0.400. The van der Waals surface area contributed by atoms with Gasteiger partial charge in [0, 0.05) is 18.0 Å². The van der Waals surface area contributed by atoms with Crippen molar-refractivity contribution >= 4 is 16.8 Å². The number of hydrogen-bond donors (Lipinski definition) is 2. The van der Waals surface area contributed by atoms with Crippen molar-refractivity contribution < 1.29 is 4.79 Å². The molecule has 104 valence electrons. The van der Waals surface area contributed by atoms with E-state index in [2.05, 4.69) is 16.9 Å². The van der Waals surface area contributed by atoms with Gasteiger partial charge in [-0.15, -0.1) is 0 Å². The summed E-state index contributed by atoms with van der Waals surface area (Å²) in [5, 5.41) is 0.287. The number of carbonyl (C=O) groups is 1. The largest absolute Gasteiger partial charge is 0.364 e. The lowest BCUT2D eigenvalue weighted by molar-refractivity contribution is 0.0997. The maximum Gasteiger partial charge on any atom is 0.268 e. The molecule has 0 bridgehead atoms. The van der Waals surface area contributed by atoms with Crippen LogP contribution < -0.4 is 11.2 Å². The third-order valence-electron chi connectivity index (χ3n) is 4.13. The number of carbonyl (C=O) groups excluding carboxylic acids is 1. The van der Waals surface area contributed by atoms with Gasteiger partial charge in [-0.3, -0.25) is 14.6 Å². The van der Waals surface area contributed by atoms with Crippen LogP contribution in [0.5, 0.6) is 0 Å². The maximum atomic E-state index is 12.3. The van der Waals surface area contributed by atoms with Gasteiger partial charge in [-0.05, 0) is 30.7 Å². The first kappa shape index (κ1) is 12.8. The molecule has 0 aliphatic heterocycles. The Kier molecular flexibility index (Phi) is 3.04. The highest BCUT2D eigenvalue weighted by Crippen LogP contribution is 2.37. The molecule has 0 saturated heterocycles. The number of hydrogen-bond acceptors (Lipinski definition) is 3. The van der Waals surface area contributed by atoms with Gasteiger partial charge < -0.3 is 10.7 Å². The monoisotopic (exact) mass is 271 g/mol. The number of rotatable bonds is 2. The zero-order valence-corrected chi connectivity index (χ0v) is 11.3. The summed E-state index contributed by atoms with van der Waals surface area (Å²) in [7, 11) is 0. The number of aromatic amines is 1. The molecule has 2 aromatic rings. The van der Waals surface area contributed by atoms with E-state index in [4.69, 9.17) is 5.73 Å². The van der Waals surface area contributed by atoms with Crippen LogP contribution in [-0.4, -0.2) is 15.9 Å². The van der Waals surface area contributed by atoms with Gasteiger partial charge in [-0.2, -0.15) is 0 Å². The Bertz CT molecular complexity index is 735. The molecular weight excluding hydrogens is 254 g/mol. The lowest BCUT2D eigenvalue weighted by Crippen LogP contribution is -2.18. The van der Waals surface area contributed by atoms with Crippen LogP contribution in [0, 0.1) is 5.92 Å². The Labute approximate surface area is 116 Å². The molecule has 0 radical (unpaired) electrons. The summed E-state index contributed by atoms with van der Waals surface area (Å²) in [6.45, 7) is 2.23. The van der Waals surface area contributed by atoms with Crippen molar-refractivity contribution in [2.45, 2.75) is 32.1 Å². The van der Waals surface area contributed by atoms with Crippen molar-refractivity contribution in [2.75, 3.05) is 0 Å². The maximum absolute atomic E-state index is 12.3. The number of amides is 1. The second kappa shape index (κ2) is 4.74. The Balaban J connectivity index is 2.16. The van der Waals surface area contributed by atoms with Crippen LogP contribution in [0.15, 0.2) is 23.1 Å². The van der Waals surface area contributed by atoms with Crippen LogP contribution in [0.25, 0.3) is 10.9 Å². The molecule has 1 amide bonds. The van der Waals surface area contributed by atoms with E-state index in [0.29, 0.717) is 17.4 Å². The lowest BCUT2D eigenvalue weighted by atomic mass is 10.0. The van der Waals surface area contributed by atoms with Gasteiger partial charge in [-0.25, -0.2) is 0 Å². The molecule has 1 aliphatic carbocycles. The van der Waals surface area contributed by atoms with E-state index in [1.54, 1.807) is 12.1 Å². The molecular formula is C15H17N3O2. The van der Waals surface area contributed by atoms with Crippen molar-refractivity contribution in [3.63, 3.8) is 0 Å². The van der Waals surface area contributed by atoms with Crippen molar-refractivity contribution in [2.24, 2.45) is 11.7 Å². The Morgan fingerprint density at radius 2 is 2.25 bits per heavy atom. The molecule has 5 heteroatoms. The second-order valence-electron chi connectivity index (χ2n) is 5.65. The highest BCUT2D eigenvalue weighted by Gasteiger charge is 2.24. The number of H-pyrrole nitrogens is 1. The number of aromatic nitrogens is 2. The molecule has 3 rings (SSSR count). The smallest absolute Gasteiger partial charge is 0.268 e. The first-order chi connectivity index (χ1) is 9.56. The fourth-order valence-electron chi connectivity index (χ4n) is 3.12. The number of nitrogens with one attached hydrogen (secondary N) is 1. The number of fused-ring (bicyclic) bond motifs is 1. The average Bonchev–Trinajstić information content (AvgIpc) is 2.84. The number of pyridine rings is 2. The number of primary amides is 1. The van der Waals surface area contributed by atoms with Crippen molar-refractivity contribution in [3.05, 3.63) is 39.9 Å². The molecule has 3 N–H and O–H groups in total. The summed E-state index contributed by atoms with van der Waals surface area (Å²) in [6, 6.07) is 3.31. The van der Waals surface area contributed by atoms with Gasteiger partial charge in [0.25, 0.3) is 5.91 Å². The van der Waals surface area contributed by atoms with E-state index in [1.165, 1.54) is 12.6 Å². The van der Waals surface area contributed by atoms with Gasteiger partial charge in [0.15, 0.2) is 5.43 Å². The highest BCUT2D eigenvalue weighted by atomic mass is 16.1. The summed E-state index contributed by atoms with van der Waals surface area (Å²) in [6.07, 6.45) is 4.87. The SMILES string of the molecule is CC1CCC(c2cc(=O)c3c(C(N)=O)nccc3[nH]2)C1. The van der Waals surface area contributed by atoms with Crippen molar-refractivity contribution in [1.29, 1.82) is 0 Å². The minimum Gasteiger partial charge on any atom is -0.364 e. The summed E-state index contributed by atoms with van der Waals surface area (Å²) in [4.78, 5) is 30.8. The molecule has 2 unspecified atom stereocenters. The standard InChI is InChI=1S/C15H17N3O2/c1-8-2-3-9(6-8)11-7-12(19)13-10(18-11)4-5-17-14(13)15(16)20/h4-5,7-9H,2-3,6H2,1H3,(H2,16,20)(H,18,19). The first-order valence-corrected chi connectivity index (χ1v) is 6.88. The molecule has 0 spiro atoms. The molecule has 0 aromatic carbocycles. The van der Waals surface area contributed by atoms with Crippen LogP contribution in [-0.2, 0) is 0 Å². The van der Waals surface area contributed by atoms with Crippen LogP contribution in [0.1, 0.15) is 48.3 Å². The van der Waals surface area contributed by atoms with Crippen LogP contribution in [0.2, 0.25) is 0 Å². The van der Waals surface area contributed by atoms with E-state index in [9.17, 15) is 9.59 Å². The minimum atomic E-state index is -0.677. The van der Waals surface area contributed by atoms with Gasteiger partial charge in [-0.1, -0.05) is 13.3 Å². The molecule has 20 heavy (non-hydrogen) atoms. The first-order valence-electron chi connectivity index (χ1n) is 6.88. The highest BCUT2D eigenvalue weighted by molar-refractivity contribution is 6.03. The Morgan fingerprint density at radius 1 is 1.45 bits per heavy atom. The van der Waals surface area contributed by atoms with Gasteiger partial charge in [0.2, 0.25) is 0 Å². The quantitative estimate of drug-likeness (QED) is 0.874. The molecule has 2 aromatic heterocycles. The van der Waals surface area contributed by atoms with E-state index in [1.807, 2.05) is 0 Å². The zero-order chi connectivity index (χ0) is 14.3. The summed E-state index contributed by atoms with van der Waals surface area (Å²) in [5.41, 5.74) is 6.71. The van der Waals surface area contributed by atoms with Gasteiger partial charge in [0.05, 0.1) is 10.9 Å². The van der Waals surface area contributed by atoms with Crippen LogP contribution in [0.4, 0.5) is 0 Å². The summed E-state index contributed by atoms with van der Waals surface area (Å²) < 4.78 is 0. The van der Waals surface area contributed by atoms with Crippen LogP contribution in [0.3, 0.4) is 0 Å². The molecule has 1 saturated carbocycles.